The number of hydrogen-bond acceptors (Lipinski definition) is 0. The van der Waals surface area contributed by atoms with Crippen LogP contribution in [0.3, 0.4) is 0 Å². The summed E-state index contributed by atoms with van der Waals surface area (Å²) >= 11 is 0. The lowest BCUT2D eigenvalue weighted by Gasteiger charge is -2.32. The molecule has 2 rings (SSSR count). The van der Waals surface area contributed by atoms with Crippen molar-refractivity contribution in [3.05, 3.63) is 34.1 Å². The molecule has 2 aliphatic rings. The summed E-state index contributed by atoms with van der Waals surface area (Å²) in [6.07, 6.45) is 3.54. The molecule has 0 bridgehead atoms. The van der Waals surface area contributed by atoms with Gasteiger partial charge in [-0.2, -0.15) is 0 Å². The van der Waals surface area contributed by atoms with E-state index >= 15 is 0 Å². The van der Waals surface area contributed by atoms with Crippen LogP contribution in [0, 0.1) is 6.08 Å². The predicted molar refractivity (Wildman–Crippen MR) is 59.4 cm³/mol. The average molecular weight is 189 g/mol. The molecule has 0 amide bonds. The van der Waals surface area contributed by atoms with Crippen molar-refractivity contribution in [2.45, 2.75) is 33.7 Å². The smallest absolute Gasteiger partial charge is 0.142 e. The molecule has 1 heteroatoms. The molecular weight excluding hydrogens is 170 g/mol. The summed E-state index contributed by atoms with van der Waals surface area (Å²) < 4.78 is 0.954. The van der Waals surface area contributed by atoms with E-state index in [-0.39, 0.29) is 0 Å². The third-order valence-electron chi connectivity index (χ3n) is 4.07. The Morgan fingerprint density at radius 2 is 1.57 bits per heavy atom. The van der Waals surface area contributed by atoms with E-state index in [1.807, 2.05) is 0 Å². The Morgan fingerprint density at radius 3 is 2.07 bits per heavy atom. The topological polar surface area (TPSA) is 0 Å². The molecule has 0 aromatic heterocycles. The van der Waals surface area contributed by atoms with Gasteiger partial charge in [0.05, 0.1) is 20.2 Å². The van der Waals surface area contributed by atoms with E-state index in [1.54, 1.807) is 0 Å². The monoisotopic (exact) mass is 189 g/mol. The van der Waals surface area contributed by atoms with Crippen molar-refractivity contribution >= 4 is 0 Å². The first-order valence-electron chi connectivity index (χ1n) is 5.20. The molecule has 0 saturated carbocycles. The Kier molecular flexibility index (Phi) is 1.81. The molecular formula is C13H19N+. The van der Waals surface area contributed by atoms with Crippen LogP contribution in [0.4, 0.5) is 0 Å². The maximum absolute atomic E-state index is 3.54. The fraction of sp³-hybridized carbons (Fsp3) is 0.538. The highest BCUT2D eigenvalue weighted by atomic mass is 15.4. The third-order valence-corrected chi connectivity index (χ3v) is 4.07. The van der Waals surface area contributed by atoms with Gasteiger partial charge in [-0.15, -0.1) is 0 Å². The van der Waals surface area contributed by atoms with Crippen LogP contribution >= 0.6 is 0 Å². The molecule has 0 aromatic carbocycles. The lowest BCUT2D eigenvalue weighted by Crippen LogP contribution is -2.44. The molecule has 14 heavy (non-hydrogen) atoms. The highest BCUT2D eigenvalue weighted by molar-refractivity contribution is 5.53. The first-order chi connectivity index (χ1) is 6.37. The molecule has 1 aliphatic heterocycles. The highest BCUT2D eigenvalue weighted by Gasteiger charge is 2.45. The zero-order valence-corrected chi connectivity index (χ0v) is 10.0. The fourth-order valence-corrected chi connectivity index (χ4v) is 2.63. The number of likely N-dealkylation sites (N-methyl/N-ethyl adjacent to an activating group) is 1. The fourth-order valence-electron chi connectivity index (χ4n) is 2.63. The van der Waals surface area contributed by atoms with E-state index in [9.17, 15) is 0 Å². The average Bonchev–Trinajstić information content (AvgIpc) is 2.45. The molecule has 1 heterocycles. The Labute approximate surface area is 87.0 Å². The molecule has 75 valence electrons. The van der Waals surface area contributed by atoms with Crippen LogP contribution in [0.15, 0.2) is 28.0 Å². The number of nitrogens with zero attached hydrogens (tertiary/aromatic N) is 1. The van der Waals surface area contributed by atoms with Gasteiger partial charge in [-0.25, -0.2) is 0 Å². The Bertz CT molecular complexity index is 391. The van der Waals surface area contributed by atoms with Crippen molar-refractivity contribution in [2.75, 3.05) is 14.1 Å². The minimum Gasteiger partial charge on any atom is -0.290 e. The van der Waals surface area contributed by atoms with Crippen LogP contribution in [0.5, 0.6) is 0 Å². The van der Waals surface area contributed by atoms with Crippen molar-refractivity contribution in [3.8, 4) is 0 Å². The molecule has 0 N–H and O–H groups in total. The molecule has 1 nitrogen and oxygen atoms in total. The van der Waals surface area contributed by atoms with Gasteiger partial charge in [-0.05, 0) is 37.5 Å². The summed E-state index contributed by atoms with van der Waals surface area (Å²) in [5.41, 5.74) is 7.19. The van der Waals surface area contributed by atoms with Crippen molar-refractivity contribution in [1.82, 2.24) is 0 Å². The van der Waals surface area contributed by atoms with Crippen LogP contribution in [0.1, 0.15) is 27.7 Å². The second-order valence-corrected chi connectivity index (χ2v) is 5.00. The van der Waals surface area contributed by atoms with Gasteiger partial charge in [0.15, 0.2) is 0 Å². The SMILES string of the molecule is CC1=[C]C2=C(C)C(C)=C(C)C2[N+]1(C)C. The largest absolute Gasteiger partial charge is 0.290 e. The first kappa shape index (κ1) is 9.72. The molecule has 1 aliphatic carbocycles. The number of rotatable bonds is 0. The summed E-state index contributed by atoms with van der Waals surface area (Å²) in [6.45, 7) is 8.89. The highest BCUT2D eigenvalue weighted by Crippen LogP contribution is 2.43. The van der Waals surface area contributed by atoms with E-state index in [4.69, 9.17) is 0 Å². The van der Waals surface area contributed by atoms with Crippen LogP contribution in [-0.2, 0) is 0 Å². The van der Waals surface area contributed by atoms with Crippen LogP contribution < -0.4 is 0 Å². The van der Waals surface area contributed by atoms with Gasteiger partial charge >= 0.3 is 0 Å². The van der Waals surface area contributed by atoms with Crippen LogP contribution in [0.2, 0.25) is 0 Å². The first-order valence-corrected chi connectivity index (χ1v) is 5.20. The molecule has 1 unspecified atom stereocenters. The molecule has 0 saturated heterocycles. The van der Waals surface area contributed by atoms with Gasteiger partial charge in [-0.3, -0.25) is 4.48 Å². The van der Waals surface area contributed by atoms with Gasteiger partial charge in [0.1, 0.15) is 11.7 Å². The Hall–Kier alpha value is -0.820. The minimum atomic E-state index is 0.537. The third kappa shape index (κ3) is 0.936. The maximum Gasteiger partial charge on any atom is 0.142 e. The van der Waals surface area contributed by atoms with Gasteiger partial charge in [0, 0.05) is 12.5 Å². The zero-order chi connectivity index (χ0) is 10.7. The number of quaternary nitrogens is 1. The molecule has 0 aromatic rings. The quantitative estimate of drug-likeness (QED) is 0.514. The minimum absolute atomic E-state index is 0.537. The van der Waals surface area contributed by atoms with Crippen LogP contribution in [-0.4, -0.2) is 24.6 Å². The second-order valence-electron chi connectivity index (χ2n) is 5.00. The van der Waals surface area contributed by atoms with Crippen LogP contribution in [0.25, 0.3) is 0 Å². The number of fused-ring (bicyclic) bond motifs is 1. The Balaban J connectivity index is 2.61. The van der Waals surface area contributed by atoms with Crippen molar-refractivity contribution in [3.63, 3.8) is 0 Å². The van der Waals surface area contributed by atoms with E-state index in [2.05, 4.69) is 47.9 Å². The molecule has 0 fully saturated rings. The standard InChI is InChI=1S/C13H19N/c1-8-7-12-10(3)9(2)11(4)13(12)14(8,5)6/h13H,1-6H3/q+1. The summed E-state index contributed by atoms with van der Waals surface area (Å²) in [7, 11) is 4.55. The zero-order valence-electron chi connectivity index (χ0n) is 10.0. The van der Waals surface area contributed by atoms with Gasteiger partial charge in [0.2, 0.25) is 0 Å². The number of hydrogen-bond donors (Lipinski definition) is 0. The van der Waals surface area contributed by atoms with Gasteiger partial charge in [0.25, 0.3) is 0 Å². The van der Waals surface area contributed by atoms with Crippen molar-refractivity contribution in [1.29, 1.82) is 0 Å². The Morgan fingerprint density at radius 1 is 1.00 bits per heavy atom. The van der Waals surface area contributed by atoms with Gasteiger partial charge in [-0.1, -0.05) is 0 Å². The van der Waals surface area contributed by atoms with Gasteiger partial charge < -0.3 is 0 Å². The summed E-state index contributed by atoms with van der Waals surface area (Å²) in [5.74, 6) is 0. The predicted octanol–water partition coefficient (Wildman–Crippen LogP) is 2.82. The van der Waals surface area contributed by atoms with E-state index in [0.29, 0.717) is 6.04 Å². The molecule has 1 atom stereocenters. The lowest BCUT2D eigenvalue weighted by molar-refractivity contribution is -0.862. The van der Waals surface area contributed by atoms with Crippen molar-refractivity contribution in [2.24, 2.45) is 0 Å². The summed E-state index contributed by atoms with van der Waals surface area (Å²) in [4.78, 5) is 0. The van der Waals surface area contributed by atoms with E-state index in [1.165, 1.54) is 28.0 Å². The molecule has 1 radical (unpaired) electrons. The van der Waals surface area contributed by atoms with E-state index in [0.717, 1.165) is 4.48 Å². The summed E-state index contributed by atoms with van der Waals surface area (Å²) in [5, 5.41) is 0. The maximum atomic E-state index is 3.54. The number of allylic oxidation sites excluding steroid dienone is 3. The lowest BCUT2D eigenvalue weighted by atomic mass is 10.1. The van der Waals surface area contributed by atoms with E-state index < -0.39 is 0 Å². The van der Waals surface area contributed by atoms with Crippen molar-refractivity contribution < 1.29 is 4.48 Å². The second kappa shape index (κ2) is 2.60. The molecule has 0 spiro atoms. The normalized spacial score (nSPS) is 29.9. The summed E-state index contributed by atoms with van der Waals surface area (Å²) in [6, 6.07) is 0.537.